The van der Waals surface area contributed by atoms with Gasteiger partial charge >= 0.3 is 11.9 Å². The predicted molar refractivity (Wildman–Crippen MR) is 193 cm³/mol. The lowest BCUT2D eigenvalue weighted by molar-refractivity contribution is -0.271. The summed E-state index contributed by atoms with van der Waals surface area (Å²) in [4.78, 5) is 77.4. The normalized spacial score (nSPS) is 26.9. The van der Waals surface area contributed by atoms with Crippen LogP contribution in [0, 0.1) is 5.92 Å². The van der Waals surface area contributed by atoms with E-state index in [2.05, 4.69) is 14.6 Å². The highest BCUT2D eigenvalue weighted by Gasteiger charge is 2.51. The van der Waals surface area contributed by atoms with Gasteiger partial charge in [-0.25, -0.2) is 4.79 Å². The topological polar surface area (TPSA) is 293 Å². The minimum atomic E-state index is -4.31. The van der Waals surface area contributed by atoms with Crippen LogP contribution >= 0.6 is 9.24 Å². The van der Waals surface area contributed by atoms with Gasteiger partial charge in [-0.15, -0.1) is 9.24 Å². The van der Waals surface area contributed by atoms with Crippen LogP contribution in [0.25, 0.3) is 0 Å². The first-order valence-corrected chi connectivity index (χ1v) is 20.2. The number of unbranched alkanes of at least 4 members (excludes halogenated alkanes) is 1. The summed E-state index contributed by atoms with van der Waals surface area (Å²) in [7, 11) is -2.05. The second-order valence-electron chi connectivity index (χ2n) is 14.0. The molecule has 0 spiro atoms. The number of esters is 1. The van der Waals surface area contributed by atoms with Crippen LogP contribution in [0.1, 0.15) is 50.7 Å². The fourth-order valence-electron chi connectivity index (χ4n) is 6.29. The number of carboxylic acids is 1. The second-order valence-corrected chi connectivity index (χ2v) is 16.4. The highest BCUT2D eigenvalue weighted by Crippen LogP contribution is 2.31. The van der Waals surface area contributed by atoms with Crippen molar-refractivity contribution in [1.82, 2.24) is 15.1 Å². The summed E-state index contributed by atoms with van der Waals surface area (Å²) >= 11 is 0. The number of nitrogens with zero attached hydrogens (tertiary/aromatic N) is 2. The van der Waals surface area contributed by atoms with E-state index in [1.807, 2.05) is 0 Å². The Labute approximate surface area is 324 Å². The van der Waals surface area contributed by atoms with Crippen molar-refractivity contribution in [3.63, 3.8) is 0 Å². The smallest absolute Gasteiger partial charge is 0.335 e. The van der Waals surface area contributed by atoms with Crippen molar-refractivity contribution in [2.24, 2.45) is 5.92 Å². The van der Waals surface area contributed by atoms with Gasteiger partial charge in [0.25, 0.3) is 10.1 Å². The van der Waals surface area contributed by atoms with Crippen LogP contribution in [0.2, 0.25) is 0 Å². The molecule has 9 atom stereocenters. The lowest BCUT2D eigenvalue weighted by Gasteiger charge is -2.38. The van der Waals surface area contributed by atoms with E-state index in [1.54, 1.807) is 32.0 Å². The number of imide groups is 1. The van der Waals surface area contributed by atoms with Crippen molar-refractivity contribution in [1.29, 1.82) is 0 Å². The molecular formula is C34H48N3O17PS. The number of likely N-dealkylation sites (tertiary alicyclic amines) is 2. The van der Waals surface area contributed by atoms with E-state index in [1.165, 1.54) is 4.90 Å². The van der Waals surface area contributed by atoms with E-state index in [-0.39, 0.29) is 45.0 Å². The third kappa shape index (κ3) is 11.6. The molecule has 3 aliphatic rings. The zero-order chi connectivity index (χ0) is 41.5. The molecule has 1 aromatic rings. The van der Waals surface area contributed by atoms with E-state index < -0.39 is 112 Å². The Morgan fingerprint density at radius 2 is 1.77 bits per heavy atom. The largest absolute Gasteiger partial charge is 0.479 e. The summed E-state index contributed by atoms with van der Waals surface area (Å²) in [5.74, 6) is -5.41. The van der Waals surface area contributed by atoms with Crippen LogP contribution in [0.4, 0.5) is 0 Å². The number of aryl methyl sites for hydroxylation is 1. The standard InChI is InChI=1S/C34H48N3O17PS/c1-17(2)33(47)52-15-19-7-6-18(11-22(19)53-34-28(42)26(40)27(41)29(54-34)32(45)46)5-3-4-8-35-24(38)14-36-20(16-51-9-10-56(48,49)50)12-21(30(36)43)37-25(39)13-23(55)31(37)44/h6-7,11,17,20-21,23,26-29,34,40-42H,3-5,8-10,12-16,55H2,1-2H3,(H,35,38)(H,45,46)(H,48,49,50)/t20-,21-,23?,26-,27-,28+,29-,34+/m0/s1. The van der Waals surface area contributed by atoms with Gasteiger partial charge in [-0.3, -0.25) is 33.4 Å². The number of aliphatic hydroxyl groups is 3. The highest BCUT2D eigenvalue weighted by atomic mass is 32.2. The molecule has 0 bridgehead atoms. The average molecular weight is 834 g/mol. The molecule has 0 radical (unpaired) electrons. The number of carboxylic acid groups (broad SMARTS) is 1. The van der Waals surface area contributed by atoms with Crippen LogP contribution in [0.3, 0.4) is 0 Å². The molecule has 3 heterocycles. The van der Waals surface area contributed by atoms with Gasteiger partial charge in [0, 0.05) is 18.5 Å². The van der Waals surface area contributed by atoms with Crippen molar-refractivity contribution in [3.05, 3.63) is 29.3 Å². The van der Waals surface area contributed by atoms with Crippen molar-refractivity contribution in [2.75, 3.05) is 32.1 Å². The second kappa shape index (κ2) is 19.6. The molecule has 22 heteroatoms. The van der Waals surface area contributed by atoms with Gasteiger partial charge in [-0.1, -0.05) is 26.0 Å². The summed E-state index contributed by atoms with van der Waals surface area (Å²) in [6.45, 7) is 2.19. The number of rotatable bonds is 19. The Hall–Kier alpha value is -3.82. The molecule has 0 aliphatic carbocycles. The Bertz CT molecular complexity index is 1750. The summed E-state index contributed by atoms with van der Waals surface area (Å²) in [5, 5.41) is 42.9. The third-order valence-corrected chi connectivity index (χ3v) is 10.6. The maximum Gasteiger partial charge on any atom is 0.335 e. The molecular weight excluding hydrogens is 785 g/mol. The van der Waals surface area contributed by atoms with Crippen LogP contribution in [-0.4, -0.2) is 159 Å². The molecule has 3 saturated heterocycles. The molecule has 56 heavy (non-hydrogen) atoms. The molecule has 4 amide bonds. The van der Waals surface area contributed by atoms with Crippen molar-refractivity contribution < 1.29 is 81.1 Å². The fraction of sp³-hybridized carbons (Fsp3) is 0.647. The molecule has 6 N–H and O–H groups in total. The number of carbonyl (C=O) groups is 6. The van der Waals surface area contributed by atoms with Gasteiger partial charge in [0.05, 0.1) is 43.1 Å². The average Bonchev–Trinajstić information content (AvgIpc) is 3.56. The van der Waals surface area contributed by atoms with Crippen molar-refractivity contribution >= 4 is 54.9 Å². The van der Waals surface area contributed by atoms with Gasteiger partial charge in [0.1, 0.15) is 36.7 Å². The molecule has 2 unspecified atom stereocenters. The first-order valence-electron chi connectivity index (χ1n) is 17.9. The first kappa shape index (κ1) is 44.9. The minimum absolute atomic E-state index is 0.0357. The van der Waals surface area contributed by atoms with E-state index in [0.29, 0.717) is 30.4 Å². The number of ether oxygens (including phenoxy) is 4. The third-order valence-electron chi connectivity index (χ3n) is 9.39. The highest BCUT2D eigenvalue weighted by molar-refractivity contribution is 7.85. The van der Waals surface area contributed by atoms with E-state index >= 15 is 0 Å². The number of amides is 4. The van der Waals surface area contributed by atoms with Gasteiger partial charge in [-0.05, 0) is 37.3 Å². The summed E-state index contributed by atoms with van der Waals surface area (Å²) in [6.07, 6.45) is -8.00. The van der Waals surface area contributed by atoms with Gasteiger partial charge in [-0.2, -0.15) is 8.42 Å². The molecule has 3 aliphatic heterocycles. The molecule has 4 rings (SSSR count). The van der Waals surface area contributed by atoms with Gasteiger partial charge in [0.2, 0.25) is 29.9 Å². The number of aliphatic hydroxyl groups excluding tert-OH is 3. The maximum absolute atomic E-state index is 13.4. The Balaban J connectivity index is 1.35. The molecule has 3 fully saturated rings. The molecule has 312 valence electrons. The van der Waals surface area contributed by atoms with Gasteiger partial charge in [0.15, 0.2) is 6.10 Å². The van der Waals surface area contributed by atoms with E-state index in [0.717, 1.165) is 4.90 Å². The SMILES string of the molecule is CC(C)C(=O)OCc1ccc(CCCCNC(=O)CN2C(=O)[C@@H](N3C(=O)CC(P)C3=O)C[C@H]2COCCS(=O)(=O)O)cc1O[C@@H]1O[C@H](C(=O)O)[C@@H](O)[C@H](O)[C@H]1O. The molecule has 20 nitrogen and oxygen atoms in total. The first-order chi connectivity index (χ1) is 26.3. The predicted octanol–water partition coefficient (Wildman–Crippen LogP) is -2.03. The van der Waals surface area contributed by atoms with Crippen LogP contribution in [-0.2, 0) is 66.1 Å². The summed E-state index contributed by atoms with van der Waals surface area (Å²) in [5.41, 5.74) is 0.346. The number of nitrogens with one attached hydrogen (secondary N) is 1. The molecule has 1 aromatic carbocycles. The zero-order valence-electron chi connectivity index (χ0n) is 30.7. The lowest BCUT2D eigenvalue weighted by atomic mass is 9.99. The number of benzene rings is 1. The lowest BCUT2D eigenvalue weighted by Crippen LogP contribution is -2.61. The molecule has 0 saturated carbocycles. The zero-order valence-corrected chi connectivity index (χ0v) is 32.7. The molecule has 0 aromatic heterocycles. The Kier molecular flexibility index (Phi) is 15.7. The van der Waals surface area contributed by atoms with Crippen molar-refractivity contribution in [3.8, 4) is 5.75 Å². The summed E-state index contributed by atoms with van der Waals surface area (Å²) in [6, 6.07) is 2.95. The van der Waals surface area contributed by atoms with Crippen LogP contribution in [0.15, 0.2) is 18.2 Å². The van der Waals surface area contributed by atoms with Crippen LogP contribution in [0.5, 0.6) is 5.75 Å². The van der Waals surface area contributed by atoms with Gasteiger partial charge < -0.3 is 49.6 Å². The summed E-state index contributed by atoms with van der Waals surface area (Å²) < 4.78 is 52.9. The number of hydrogen-bond acceptors (Lipinski definition) is 15. The van der Waals surface area contributed by atoms with E-state index in [4.69, 9.17) is 23.5 Å². The van der Waals surface area contributed by atoms with Crippen LogP contribution < -0.4 is 10.1 Å². The number of carbonyl (C=O) groups excluding carboxylic acids is 5. The monoisotopic (exact) mass is 833 g/mol. The van der Waals surface area contributed by atoms with E-state index in [9.17, 15) is 57.6 Å². The minimum Gasteiger partial charge on any atom is -0.479 e. The fourth-order valence-corrected chi connectivity index (χ4v) is 6.98. The number of hydrogen-bond donors (Lipinski definition) is 6. The number of aliphatic carboxylic acids is 1. The Morgan fingerprint density at radius 1 is 1.05 bits per heavy atom. The maximum atomic E-state index is 13.4. The Morgan fingerprint density at radius 3 is 2.39 bits per heavy atom. The van der Waals surface area contributed by atoms with Crippen molar-refractivity contribution in [2.45, 2.75) is 101 Å². The quantitative estimate of drug-likeness (QED) is 0.0288.